The van der Waals surface area contributed by atoms with Crippen molar-refractivity contribution in [1.29, 1.82) is 0 Å². The van der Waals surface area contributed by atoms with Gasteiger partial charge in [0.25, 0.3) is 0 Å². The first-order valence-electron chi connectivity index (χ1n) is 11.9. The molecule has 2 heterocycles. The van der Waals surface area contributed by atoms with Crippen molar-refractivity contribution in [2.24, 2.45) is 5.41 Å². The van der Waals surface area contributed by atoms with E-state index in [4.69, 9.17) is 14.0 Å². The molecule has 2 N–H and O–H groups in total. The second-order valence-corrected chi connectivity index (χ2v) is 10.8. The van der Waals surface area contributed by atoms with E-state index in [1.807, 2.05) is 30.3 Å². The van der Waals surface area contributed by atoms with Crippen LogP contribution in [-0.2, 0) is 12.8 Å². The molecular formula is C27H32N2O5S. The van der Waals surface area contributed by atoms with E-state index in [-0.39, 0.29) is 16.2 Å². The number of hydrogen-bond acceptors (Lipinski definition) is 7. The van der Waals surface area contributed by atoms with E-state index in [1.165, 1.54) is 0 Å². The molecule has 0 aliphatic heterocycles. The molecule has 0 radical (unpaired) electrons. The van der Waals surface area contributed by atoms with E-state index < -0.39 is 0 Å². The summed E-state index contributed by atoms with van der Waals surface area (Å²) in [5.41, 5.74) is 3.80. The van der Waals surface area contributed by atoms with E-state index in [0.717, 1.165) is 76.3 Å². The fraction of sp³-hybridized carbons (Fsp3) is 0.407. The van der Waals surface area contributed by atoms with E-state index in [9.17, 15) is 9.90 Å². The number of nitrogens with zero attached hydrogens (tertiary/aromatic N) is 1. The number of aromatic hydroxyl groups is 1. The standard InChI is InChI=1S/C27H32N2O5S/c1-5-7-20-22(13-12-19-21(16-27(2,3)4)29-34-23(19)20)33-15-6-14-32-18-10-8-17(9-11-18)24-25(30)28-26(31)35-24/h8-13,30H,5-7,14-16H2,1-4H3,(H,28,31). The van der Waals surface area contributed by atoms with Crippen LogP contribution in [0.1, 0.15) is 51.8 Å². The molecule has 186 valence electrons. The summed E-state index contributed by atoms with van der Waals surface area (Å²) in [6, 6.07) is 11.4. The molecule has 4 aromatic rings. The Hall–Kier alpha value is -3.26. The number of H-pyrrole nitrogens is 1. The van der Waals surface area contributed by atoms with Crippen LogP contribution in [0, 0.1) is 5.41 Å². The Morgan fingerprint density at radius 1 is 1.09 bits per heavy atom. The van der Waals surface area contributed by atoms with Gasteiger partial charge in [-0.2, -0.15) is 0 Å². The van der Waals surface area contributed by atoms with Crippen LogP contribution in [0.5, 0.6) is 17.4 Å². The summed E-state index contributed by atoms with van der Waals surface area (Å²) in [5.74, 6) is 1.45. The molecule has 7 nitrogen and oxygen atoms in total. The maximum Gasteiger partial charge on any atom is 0.307 e. The highest BCUT2D eigenvalue weighted by Gasteiger charge is 2.20. The van der Waals surface area contributed by atoms with Gasteiger partial charge in [-0.3, -0.25) is 9.78 Å². The molecular weight excluding hydrogens is 464 g/mol. The first kappa shape index (κ1) is 24.9. The summed E-state index contributed by atoms with van der Waals surface area (Å²) in [6.07, 6.45) is 3.43. The van der Waals surface area contributed by atoms with Crippen molar-refractivity contribution in [3.63, 3.8) is 0 Å². The van der Waals surface area contributed by atoms with Crippen molar-refractivity contribution in [2.45, 2.75) is 53.4 Å². The molecule has 35 heavy (non-hydrogen) atoms. The molecule has 0 bridgehead atoms. The number of rotatable bonds is 10. The highest BCUT2D eigenvalue weighted by molar-refractivity contribution is 7.13. The average Bonchev–Trinajstić information content (AvgIpc) is 3.36. The Balaban J connectivity index is 1.33. The van der Waals surface area contributed by atoms with Gasteiger partial charge in [-0.05, 0) is 60.2 Å². The number of nitrogens with one attached hydrogen (secondary N) is 1. The minimum Gasteiger partial charge on any atom is -0.493 e. The molecule has 0 aliphatic rings. The van der Waals surface area contributed by atoms with Crippen LogP contribution in [0.2, 0.25) is 0 Å². The molecule has 0 fully saturated rings. The maximum absolute atomic E-state index is 11.4. The number of benzene rings is 2. The van der Waals surface area contributed by atoms with Crippen molar-refractivity contribution in [3.8, 4) is 27.8 Å². The van der Waals surface area contributed by atoms with Crippen molar-refractivity contribution >= 4 is 22.3 Å². The van der Waals surface area contributed by atoms with Gasteiger partial charge in [-0.25, -0.2) is 0 Å². The highest BCUT2D eigenvalue weighted by atomic mass is 32.1. The van der Waals surface area contributed by atoms with E-state index in [0.29, 0.717) is 18.1 Å². The van der Waals surface area contributed by atoms with E-state index >= 15 is 0 Å². The van der Waals surface area contributed by atoms with Gasteiger partial charge in [0.15, 0.2) is 5.58 Å². The lowest BCUT2D eigenvalue weighted by Crippen LogP contribution is -2.09. The predicted octanol–water partition coefficient (Wildman–Crippen LogP) is 6.34. The topological polar surface area (TPSA) is 97.6 Å². The molecule has 0 saturated heterocycles. The van der Waals surface area contributed by atoms with E-state index in [1.54, 1.807) is 0 Å². The number of hydrogen-bond donors (Lipinski definition) is 2. The Morgan fingerprint density at radius 3 is 2.49 bits per heavy atom. The summed E-state index contributed by atoms with van der Waals surface area (Å²) < 4.78 is 17.7. The number of aryl methyl sites for hydroxylation is 1. The SMILES string of the molecule is CCCc1c(OCCCOc2ccc(-c3sc(=O)[nH]c3O)cc2)ccc2c(CC(C)(C)C)noc12. The highest BCUT2D eigenvalue weighted by Crippen LogP contribution is 2.34. The summed E-state index contributed by atoms with van der Waals surface area (Å²) in [7, 11) is 0. The zero-order valence-corrected chi connectivity index (χ0v) is 21.5. The average molecular weight is 497 g/mol. The Bertz CT molecular complexity index is 1330. The fourth-order valence-corrected chi connectivity index (χ4v) is 4.73. The zero-order chi connectivity index (χ0) is 25.0. The monoisotopic (exact) mass is 496 g/mol. The molecule has 2 aromatic carbocycles. The lowest BCUT2D eigenvalue weighted by Gasteiger charge is -2.16. The molecule has 2 aromatic heterocycles. The van der Waals surface area contributed by atoms with Crippen LogP contribution in [0.15, 0.2) is 45.7 Å². The second kappa shape index (κ2) is 10.6. The number of fused-ring (bicyclic) bond motifs is 1. The molecule has 0 saturated carbocycles. The van der Waals surface area contributed by atoms with Gasteiger partial charge in [0.1, 0.15) is 11.5 Å². The molecule has 0 unspecified atom stereocenters. The molecule has 0 aliphatic carbocycles. The number of aromatic nitrogens is 2. The Morgan fingerprint density at radius 2 is 1.83 bits per heavy atom. The summed E-state index contributed by atoms with van der Waals surface area (Å²) in [6.45, 7) is 9.77. The fourth-order valence-electron chi connectivity index (χ4n) is 3.99. The van der Waals surface area contributed by atoms with Crippen LogP contribution >= 0.6 is 11.3 Å². The Kier molecular flexibility index (Phi) is 7.50. The third-order valence-corrected chi connectivity index (χ3v) is 6.46. The van der Waals surface area contributed by atoms with Gasteiger partial charge in [0.05, 0.1) is 23.8 Å². The van der Waals surface area contributed by atoms with Gasteiger partial charge >= 0.3 is 4.87 Å². The van der Waals surface area contributed by atoms with Crippen LogP contribution in [0.4, 0.5) is 0 Å². The zero-order valence-electron chi connectivity index (χ0n) is 20.6. The molecule has 4 rings (SSSR count). The lowest BCUT2D eigenvalue weighted by molar-refractivity contribution is 0.246. The number of ether oxygens (including phenoxy) is 2. The van der Waals surface area contributed by atoms with Crippen molar-refractivity contribution in [3.05, 3.63) is 57.3 Å². The number of aromatic amines is 1. The molecule has 0 atom stereocenters. The normalized spacial score (nSPS) is 11.8. The van der Waals surface area contributed by atoms with Gasteiger partial charge in [-0.1, -0.05) is 50.6 Å². The lowest BCUT2D eigenvalue weighted by atomic mass is 9.89. The van der Waals surface area contributed by atoms with Gasteiger partial charge < -0.3 is 19.1 Å². The second-order valence-electron chi connectivity index (χ2n) is 9.80. The Labute approximate surface area is 208 Å². The summed E-state index contributed by atoms with van der Waals surface area (Å²) in [5, 5.41) is 15.2. The first-order valence-corrected chi connectivity index (χ1v) is 12.7. The van der Waals surface area contributed by atoms with Gasteiger partial charge in [-0.15, -0.1) is 0 Å². The van der Waals surface area contributed by atoms with Crippen molar-refractivity contribution in [2.75, 3.05) is 13.2 Å². The molecule has 0 spiro atoms. The van der Waals surface area contributed by atoms with Crippen LogP contribution in [0.3, 0.4) is 0 Å². The minimum absolute atomic E-state index is 0.109. The maximum atomic E-state index is 11.4. The molecule has 8 heteroatoms. The van der Waals surface area contributed by atoms with Crippen molar-refractivity contribution < 1.29 is 19.1 Å². The quantitative estimate of drug-likeness (QED) is 0.249. The largest absolute Gasteiger partial charge is 0.493 e. The van der Waals surface area contributed by atoms with Gasteiger partial charge in [0.2, 0.25) is 5.88 Å². The first-order chi connectivity index (χ1) is 16.7. The van der Waals surface area contributed by atoms with Crippen LogP contribution < -0.4 is 14.3 Å². The minimum atomic E-state index is -0.285. The van der Waals surface area contributed by atoms with Crippen LogP contribution in [0.25, 0.3) is 21.4 Å². The third-order valence-electron chi connectivity index (χ3n) is 5.54. The smallest absolute Gasteiger partial charge is 0.307 e. The molecule has 0 amide bonds. The summed E-state index contributed by atoms with van der Waals surface area (Å²) in [4.78, 5) is 14.0. The summed E-state index contributed by atoms with van der Waals surface area (Å²) >= 11 is 0.975. The van der Waals surface area contributed by atoms with Gasteiger partial charge in [0, 0.05) is 17.4 Å². The van der Waals surface area contributed by atoms with E-state index in [2.05, 4.69) is 43.9 Å². The van der Waals surface area contributed by atoms with Crippen LogP contribution in [-0.4, -0.2) is 28.5 Å². The van der Waals surface area contributed by atoms with Crippen molar-refractivity contribution in [1.82, 2.24) is 10.1 Å². The number of thiazole rings is 1. The predicted molar refractivity (Wildman–Crippen MR) is 139 cm³/mol. The third kappa shape index (κ3) is 6.06.